The van der Waals surface area contributed by atoms with Crippen molar-refractivity contribution in [1.82, 2.24) is 0 Å². The summed E-state index contributed by atoms with van der Waals surface area (Å²) in [5.74, 6) is 0. The summed E-state index contributed by atoms with van der Waals surface area (Å²) in [7, 11) is -3.68. The Hall–Kier alpha value is -1.23. The zero-order chi connectivity index (χ0) is 13.3. The summed E-state index contributed by atoms with van der Waals surface area (Å²) in [4.78, 5) is 0.117. The van der Waals surface area contributed by atoms with Crippen LogP contribution in [0, 0.1) is 0 Å². The molecular weight excluding hydrogens is 293 g/mol. The van der Waals surface area contributed by atoms with Crippen LogP contribution >= 0.6 is 23.2 Å². The van der Waals surface area contributed by atoms with E-state index >= 15 is 0 Å². The number of nitrogen functional groups attached to an aromatic ring is 1. The summed E-state index contributed by atoms with van der Waals surface area (Å²) >= 11 is 11.6. The van der Waals surface area contributed by atoms with Crippen molar-refractivity contribution < 1.29 is 8.42 Å². The second kappa shape index (κ2) is 4.80. The highest BCUT2D eigenvalue weighted by molar-refractivity contribution is 7.91. The van der Waals surface area contributed by atoms with Crippen molar-refractivity contribution in [2.24, 2.45) is 0 Å². The molecule has 2 aromatic carbocycles. The van der Waals surface area contributed by atoms with Crippen LogP contribution in [0.1, 0.15) is 0 Å². The lowest BCUT2D eigenvalue weighted by Crippen LogP contribution is -2.03. The third-order valence-corrected chi connectivity index (χ3v) is 4.87. The molecule has 2 rings (SSSR count). The average molecular weight is 302 g/mol. The van der Waals surface area contributed by atoms with Crippen molar-refractivity contribution >= 4 is 38.7 Å². The molecule has 0 aliphatic carbocycles. The molecule has 0 aliphatic rings. The van der Waals surface area contributed by atoms with Crippen LogP contribution in [-0.2, 0) is 9.84 Å². The van der Waals surface area contributed by atoms with Gasteiger partial charge in [-0.1, -0.05) is 23.2 Å². The standard InChI is InChI=1S/C12H9Cl2NO2S/c13-8-1-4-10(5-2-8)18(16,17)12-7-9(15)3-6-11(12)14/h1-7H,15H2. The van der Waals surface area contributed by atoms with Gasteiger partial charge in [-0.2, -0.15) is 0 Å². The van der Waals surface area contributed by atoms with Crippen LogP contribution in [0.4, 0.5) is 5.69 Å². The van der Waals surface area contributed by atoms with Crippen molar-refractivity contribution in [3.63, 3.8) is 0 Å². The van der Waals surface area contributed by atoms with Crippen LogP contribution in [0.5, 0.6) is 0 Å². The number of halogens is 2. The number of hydrogen-bond donors (Lipinski definition) is 1. The maximum Gasteiger partial charge on any atom is 0.208 e. The van der Waals surface area contributed by atoms with Gasteiger partial charge in [0.2, 0.25) is 9.84 Å². The molecular formula is C12H9Cl2NO2S. The highest BCUT2D eigenvalue weighted by atomic mass is 35.5. The van der Waals surface area contributed by atoms with Crippen molar-refractivity contribution in [3.05, 3.63) is 52.5 Å². The SMILES string of the molecule is Nc1ccc(Cl)c(S(=O)(=O)c2ccc(Cl)cc2)c1. The first-order chi connectivity index (χ1) is 8.41. The largest absolute Gasteiger partial charge is 0.399 e. The number of benzene rings is 2. The molecule has 0 aromatic heterocycles. The lowest BCUT2D eigenvalue weighted by molar-refractivity contribution is 0.596. The van der Waals surface area contributed by atoms with Gasteiger partial charge in [0.25, 0.3) is 0 Å². The molecule has 0 bridgehead atoms. The first-order valence-corrected chi connectivity index (χ1v) is 7.21. The summed E-state index contributed by atoms with van der Waals surface area (Å²) < 4.78 is 24.7. The molecule has 0 heterocycles. The third-order valence-electron chi connectivity index (χ3n) is 2.37. The van der Waals surface area contributed by atoms with Gasteiger partial charge < -0.3 is 5.73 Å². The van der Waals surface area contributed by atoms with E-state index in [4.69, 9.17) is 28.9 Å². The normalized spacial score (nSPS) is 11.4. The molecule has 94 valence electrons. The van der Waals surface area contributed by atoms with Crippen LogP contribution in [0.3, 0.4) is 0 Å². The van der Waals surface area contributed by atoms with Crippen LogP contribution in [0.25, 0.3) is 0 Å². The Morgan fingerprint density at radius 3 is 2.17 bits per heavy atom. The number of rotatable bonds is 2. The predicted molar refractivity (Wildman–Crippen MR) is 72.8 cm³/mol. The fraction of sp³-hybridized carbons (Fsp3) is 0. The summed E-state index contributed by atoms with van der Waals surface area (Å²) in [6.07, 6.45) is 0. The summed E-state index contributed by atoms with van der Waals surface area (Å²) in [5.41, 5.74) is 5.92. The van der Waals surface area contributed by atoms with Gasteiger partial charge in [-0.15, -0.1) is 0 Å². The monoisotopic (exact) mass is 301 g/mol. The molecule has 0 unspecified atom stereocenters. The van der Waals surface area contributed by atoms with Gasteiger partial charge in [-0.3, -0.25) is 0 Å². The van der Waals surface area contributed by atoms with Gasteiger partial charge >= 0.3 is 0 Å². The van der Waals surface area contributed by atoms with Crippen molar-refractivity contribution in [2.45, 2.75) is 9.79 Å². The van der Waals surface area contributed by atoms with Gasteiger partial charge in [-0.05, 0) is 42.5 Å². The zero-order valence-electron chi connectivity index (χ0n) is 9.10. The van der Waals surface area contributed by atoms with E-state index in [2.05, 4.69) is 0 Å². The highest BCUT2D eigenvalue weighted by Gasteiger charge is 2.20. The number of hydrogen-bond acceptors (Lipinski definition) is 3. The maximum atomic E-state index is 12.3. The number of sulfone groups is 1. The molecule has 3 nitrogen and oxygen atoms in total. The fourth-order valence-electron chi connectivity index (χ4n) is 1.47. The van der Waals surface area contributed by atoms with E-state index in [1.54, 1.807) is 6.07 Å². The second-order valence-corrected chi connectivity index (χ2v) is 6.41. The molecule has 2 aromatic rings. The fourth-order valence-corrected chi connectivity index (χ4v) is 3.38. The second-order valence-electron chi connectivity index (χ2n) is 3.65. The summed E-state index contributed by atoms with van der Waals surface area (Å²) in [6, 6.07) is 10.2. The van der Waals surface area contributed by atoms with Gasteiger partial charge in [0.1, 0.15) is 0 Å². The van der Waals surface area contributed by atoms with Gasteiger partial charge in [-0.25, -0.2) is 8.42 Å². The molecule has 0 radical (unpaired) electrons. The Balaban J connectivity index is 2.61. The van der Waals surface area contributed by atoms with E-state index < -0.39 is 9.84 Å². The molecule has 0 saturated heterocycles. The molecule has 0 saturated carbocycles. The molecule has 0 amide bonds. The molecule has 18 heavy (non-hydrogen) atoms. The van der Waals surface area contributed by atoms with E-state index in [0.717, 1.165) is 0 Å². The minimum Gasteiger partial charge on any atom is -0.399 e. The van der Waals surface area contributed by atoms with Crippen molar-refractivity contribution in [1.29, 1.82) is 0 Å². The van der Waals surface area contributed by atoms with Gasteiger partial charge in [0.05, 0.1) is 14.8 Å². The van der Waals surface area contributed by atoms with E-state index in [1.165, 1.54) is 36.4 Å². The average Bonchev–Trinajstić information content (AvgIpc) is 2.32. The number of nitrogens with two attached hydrogens (primary N) is 1. The molecule has 6 heteroatoms. The predicted octanol–water partition coefficient (Wildman–Crippen LogP) is 3.41. The Labute approximate surface area is 115 Å². The first kappa shape index (κ1) is 13.2. The van der Waals surface area contributed by atoms with E-state index in [9.17, 15) is 8.42 Å². The van der Waals surface area contributed by atoms with Crippen molar-refractivity contribution in [2.75, 3.05) is 5.73 Å². The minimum absolute atomic E-state index is 0.00788. The molecule has 0 atom stereocenters. The number of anilines is 1. The third kappa shape index (κ3) is 2.46. The molecule has 0 aliphatic heterocycles. The topological polar surface area (TPSA) is 60.2 Å². The molecule has 0 spiro atoms. The van der Waals surface area contributed by atoms with E-state index in [1.807, 2.05) is 0 Å². The Morgan fingerprint density at radius 2 is 1.56 bits per heavy atom. The Bertz CT molecular complexity index is 682. The zero-order valence-corrected chi connectivity index (χ0v) is 11.4. The van der Waals surface area contributed by atoms with E-state index in [0.29, 0.717) is 10.7 Å². The van der Waals surface area contributed by atoms with Crippen LogP contribution < -0.4 is 5.73 Å². The van der Waals surface area contributed by atoms with Crippen molar-refractivity contribution in [3.8, 4) is 0 Å². The molecule has 2 N–H and O–H groups in total. The summed E-state index contributed by atoms with van der Waals surface area (Å²) in [5, 5.41) is 0.603. The Morgan fingerprint density at radius 1 is 0.944 bits per heavy atom. The quantitative estimate of drug-likeness (QED) is 0.865. The maximum absolute atomic E-state index is 12.3. The van der Waals surface area contributed by atoms with Crippen LogP contribution in [-0.4, -0.2) is 8.42 Å². The smallest absolute Gasteiger partial charge is 0.208 e. The van der Waals surface area contributed by atoms with Gasteiger partial charge in [0.15, 0.2) is 0 Å². The lowest BCUT2D eigenvalue weighted by Gasteiger charge is -2.07. The first-order valence-electron chi connectivity index (χ1n) is 4.97. The van der Waals surface area contributed by atoms with Gasteiger partial charge in [0, 0.05) is 10.7 Å². The van der Waals surface area contributed by atoms with E-state index in [-0.39, 0.29) is 14.8 Å². The highest BCUT2D eigenvalue weighted by Crippen LogP contribution is 2.29. The summed E-state index contributed by atoms with van der Waals surface area (Å²) in [6.45, 7) is 0. The van der Waals surface area contributed by atoms with Crippen LogP contribution in [0.15, 0.2) is 52.3 Å². The molecule has 0 fully saturated rings. The van der Waals surface area contributed by atoms with Crippen LogP contribution in [0.2, 0.25) is 10.0 Å². The Kier molecular flexibility index (Phi) is 3.52. The lowest BCUT2D eigenvalue weighted by atomic mass is 10.3. The minimum atomic E-state index is -3.68.